The average Bonchev–Trinajstić information content (AvgIpc) is 3.05. The van der Waals surface area contributed by atoms with Crippen molar-refractivity contribution in [3.63, 3.8) is 0 Å². The Morgan fingerprint density at radius 1 is 1.38 bits per heavy atom. The molecule has 3 nitrogen and oxygen atoms in total. The van der Waals surface area contributed by atoms with E-state index in [0.717, 1.165) is 19.2 Å². The Labute approximate surface area is 96.2 Å². The highest BCUT2D eigenvalue weighted by atomic mass is 16.5. The molecule has 0 amide bonds. The smallest absolute Gasteiger partial charge is 0.0880 e. The molecule has 1 aromatic heterocycles. The molecule has 1 aliphatic heterocycles. The summed E-state index contributed by atoms with van der Waals surface area (Å²) >= 11 is 0. The highest BCUT2D eigenvalue weighted by molar-refractivity contribution is 5.14. The first-order valence-corrected chi connectivity index (χ1v) is 6.18. The Hall–Kier alpha value is -0.930. The Bertz CT molecular complexity index is 337. The summed E-state index contributed by atoms with van der Waals surface area (Å²) in [7, 11) is 0. The number of hydrogen-bond donors (Lipinski definition) is 1. The first kappa shape index (κ1) is 10.2. The van der Waals surface area contributed by atoms with Crippen LogP contribution in [0.4, 0.5) is 0 Å². The van der Waals surface area contributed by atoms with Gasteiger partial charge < -0.3 is 10.1 Å². The fraction of sp³-hybridized carbons (Fsp3) is 0.615. The largest absolute Gasteiger partial charge is 0.373 e. The molecule has 3 heteroatoms. The zero-order valence-corrected chi connectivity index (χ0v) is 9.43. The molecule has 0 radical (unpaired) electrons. The fourth-order valence-corrected chi connectivity index (χ4v) is 2.36. The Morgan fingerprint density at radius 3 is 3.06 bits per heavy atom. The maximum Gasteiger partial charge on any atom is 0.0880 e. The van der Waals surface area contributed by atoms with Crippen molar-refractivity contribution in [2.24, 2.45) is 5.92 Å². The first-order valence-electron chi connectivity index (χ1n) is 6.18. The first-order chi connectivity index (χ1) is 7.93. The zero-order valence-electron chi connectivity index (χ0n) is 9.43. The molecule has 1 saturated heterocycles. The van der Waals surface area contributed by atoms with Gasteiger partial charge in [-0.1, -0.05) is 6.07 Å². The van der Waals surface area contributed by atoms with Crippen molar-refractivity contribution in [1.29, 1.82) is 0 Å². The van der Waals surface area contributed by atoms with Crippen molar-refractivity contribution in [3.8, 4) is 0 Å². The fourth-order valence-electron chi connectivity index (χ4n) is 2.36. The SMILES string of the molecule is c1cncc(C2OCCC2CNC2CC2)c1. The maximum absolute atomic E-state index is 5.82. The van der Waals surface area contributed by atoms with Gasteiger partial charge in [0.1, 0.15) is 0 Å². The lowest BCUT2D eigenvalue weighted by Crippen LogP contribution is -2.26. The lowest BCUT2D eigenvalue weighted by molar-refractivity contribution is 0.0902. The molecule has 86 valence electrons. The van der Waals surface area contributed by atoms with E-state index in [1.54, 1.807) is 0 Å². The molecule has 0 aromatic carbocycles. The average molecular weight is 218 g/mol. The van der Waals surface area contributed by atoms with E-state index in [2.05, 4.69) is 16.4 Å². The molecule has 1 aliphatic carbocycles. The molecule has 2 atom stereocenters. The van der Waals surface area contributed by atoms with Gasteiger partial charge in [-0.25, -0.2) is 0 Å². The summed E-state index contributed by atoms with van der Waals surface area (Å²) in [5.41, 5.74) is 1.22. The highest BCUT2D eigenvalue weighted by Crippen LogP contribution is 2.34. The second-order valence-electron chi connectivity index (χ2n) is 4.81. The Kier molecular flexibility index (Phi) is 2.89. The van der Waals surface area contributed by atoms with Crippen LogP contribution < -0.4 is 5.32 Å². The number of hydrogen-bond acceptors (Lipinski definition) is 3. The van der Waals surface area contributed by atoms with Gasteiger partial charge in [0.2, 0.25) is 0 Å². The minimum Gasteiger partial charge on any atom is -0.373 e. The molecule has 3 rings (SSSR count). The van der Waals surface area contributed by atoms with Crippen LogP contribution in [0, 0.1) is 5.92 Å². The number of rotatable bonds is 4. The van der Waals surface area contributed by atoms with Crippen LogP contribution in [0.1, 0.15) is 30.9 Å². The number of ether oxygens (including phenoxy) is 1. The second kappa shape index (κ2) is 4.52. The third-order valence-corrected chi connectivity index (χ3v) is 3.47. The number of nitrogens with zero attached hydrogens (tertiary/aromatic N) is 1. The molecule has 2 fully saturated rings. The van der Waals surface area contributed by atoms with E-state index in [-0.39, 0.29) is 6.10 Å². The van der Waals surface area contributed by atoms with Crippen molar-refractivity contribution in [2.75, 3.05) is 13.2 Å². The topological polar surface area (TPSA) is 34.1 Å². The Balaban J connectivity index is 1.63. The number of nitrogens with one attached hydrogen (secondary N) is 1. The van der Waals surface area contributed by atoms with Crippen molar-refractivity contribution >= 4 is 0 Å². The monoisotopic (exact) mass is 218 g/mol. The van der Waals surface area contributed by atoms with Crippen LogP contribution in [-0.2, 0) is 4.74 Å². The predicted molar refractivity (Wildman–Crippen MR) is 62.1 cm³/mol. The van der Waals surface area contributed by atoms with E-state index in [9.17, 15) is 0 Å². The summed E-state index contributed by atoms with van der Waals surface area (Å²) < 4.78 is 5.82. The minimum absolute atomic E-state index is 0.250. The molecule has 0 bridgehead atoms. The molecule has 2 unspecified atom stereocenters. The molecule has 1 N–H and O–H groups in total. The van der Waals surface area contributed by atoms with Gasteiger partial charge in [-0.05, 0) is 30.9 Å². The zero-order chi connectivity index (χ0) is 10.8. The third-order valence-electron chi connectivity index (χ3n) is 3.47. The van der Waals surface area contributed by atoms with E-state index in [1.165, 1.54) is 24.8 Å². The quantitative estimate of drug-likeness (QED) is 0.838. The van der Waals surface area contributed by atoms with Crippen LogP contribution in [0.3, 0.4) is 0 Å². The van der Waals surface area contributed by atoms with Gasteiger partial charge in [0.05, 0.1) is 6.10 Å². The van der Waals surface area contributed by atoms with Crippen LogP contribution in [0.15, 0.2) is 24.5 Å². The van der Waals surface area contributed by atoms with Gasteiger partial charge in [0.15, 0.2) is 0 Å². The van der Waals surface area contributed by atoms with Crippen LogP contribution >= 0.6 is 0 Å². The summed E-state index contributed by atoms with van der Waals surface area (Å²) in [6.07, 6.45) is 7.87. The molecule has 0 spiro atoms. The van der Waals surface area contributed by atoms with Gasteiger partial charge in [-0.2, -0.15) is 0 Å². The molecule has 1 saturated carbocycles. The van der Waals surface area contributed by atoms with Gasteiger partial charge in [0.25, 0.3) is 0 Å². The van der Waals surface area contributed by atoms with E-state index in [0.29, 0.717) is 5.92 Å². The number of aromatic nitrogens is 1. The standard InChI is InChI=1S/C13H18N2O/c1-2-10(8-14-6-1)13-11(5-7-16-13)9-15-12-3-4-12/h1-2,6,8,11-13,15H,3-5,7,9H2. The molecule has 16 heavy (non-hydrogen) atoms. The van der Waals surface area contributed by atoms with Crippen LogP contribution in [0.5, 0.6) is 0 Å². The molecular formula is C13H18N2O. The van der Waals surface area contributed by atoms with E-state index >= 15 is 0 Å². The predicted octanol–water partition coefficient (Wildman–Crippen LogP) is 1.91. The summed E-state index contributed by atoms with van der Waals surface area (Å²) in [5.74, 6) is 0.616. The molecule has 2 aliphatic rings. The van der Waals surface area contributed by atoms with Crippen LogP contribution in [-0.4, -0.2) is 24.2 Å². The van der Waals surface area contributed by atoms with Gasteiger partial charge in [0, 0.05) is 37.5 Å². The maximum atomic E-state index is 5.82. The second-order valence-corrected chi connectivity index (χ2v) is 4.81. The molecular weight excluding hydrogens is 200 g/mol. The van der Waals surface area contributed by atoms with Crippen molar-refractivity contribution < 1.29 is 4.74 Å². The normalized spacial score (nSPS) is 29.5. The van der Waals surface area contributed by atoms with Crippen molar-refractivity contribution in [3.05, 3.63) is 30.1 Å². The Morgan fingerprint density at radius 2 is 2.31 bits per heavy atom. The molecule has 1 aromatic rings. The van der Waals surface area contributed by atoms with Crippen molar-refractivity contribution in [2.45, 2.75) is 31.4 Å². The number of pyridine rings is 1. The highest BCUT2D eigenvalue weighted by Gasteiger charge is 2.31. The van der Waals surface area contributed by atoms with E-state index in [1.807, 2.05) is 18.5 Å². The van der Waals surface area contributed by atoms with Crippen molar-refractivity contribution in [1.82, 2.24) is 10.3 Å². The van der Waals surface area contributed by atoms with E-state index in [4.69, 9.17) is 4.74 Å². The van der Waals surface area contributed by atoms with Gasteiger partial charge in [-0.3, -0.25) is 4.98 Å². The summed E-state index contributed by atoms with van der Waals surface area (Å²) in [4.78, 5) is 4.17. The van der Waals surface area contributed by atoms with Gasteiger partial charge in [-0.15, -0.1) is 0 Å². The minimum atomic E-state index is 0.250. The molecule has 2 heterocycles. The van der Waals surface area contributed by atoms with Gasteiger partial charge >= 0.3 is 0 Å². The third kappa shape index (κ3) is 2.25. The lowest BCUT2D eigenvalue weighted by Gasteiger charge is -2.18. The summed E-state index contributed by atoms with van der Waals surface area (Å²) in [5, 5.41) is 3.60. The lowest BCUT2D eigenvalue weighted by atomic mass is 9.96. The summed E-state index contributed by atoms with van der Waals surface area (Å²) in [6.45, 7) is 1.97. The van der Waals surface area contributed by atoms with E-state index < -0.39 is 0 Å². The summed E-state index contributed by atoms with van der Waals surface area (Å²) in [6, 6.07) is 4.89. The van der Waals surface area contributed by atoms with Crippen LogP contribution in [0.25, 0.3) is 0 Å². The van der Waals surface area contributed by atoms with Crippen LogP contribution in [0.2, 0.25) is 0 Å².